The van der Waals surface area contributed by atoms with E-state index in [-0.39, 0.29) is 11.6 Å². The number of imidazole rings is 1. The lowest BCUT2D eigenvalue weighted by Gasteiger charge is -2.14. The number of carbonyl (C=O) groups excluding carboxylic acids is 1. The summed E-state index contributed by atoms with van der Waals surface area (Å²) >= 11 is 0. The van der Waals surface area contributed by atoms with Crippen LogP contribution in [-0.2, 0) is 17.4 Å². The van der Waals surface area contributed by atoms with Crippen LogP contribution < -0.4 is 5.32 Å². The number of aryl methyl sites for hydroxylation is 1. The number of hydrogen-bond acceptors (Lipinski definition) is 4. The molecular weight excluding hydrogens is 359 g/mol. The summed E-state index contributed by atoms with van der Waals surface area (Å²) in [4.78, 5) is 23.2. The minimum Gasteiger partial charge on any atom is -0.313 e. The lowest BCUT2D eigenvalue weighted by atomic mass is 10.1. The summed E-state index contributed by atoms with van der Waals surface area (Å²) in [6.45, 7) is 5.70. The van der Waals surface area contributed by atoms with Crippen LogP contribution in [0.15, 0.2) is 24.4 Å². The predicted octanol–water partition coefficient (Wildman–Crippen LogP) is 4.09. The molecule has 0 aliphatic heterocycles. The summed E-state index contributed by atoms with van der Waals surface area (Å²) in [6.07, 6.45) is -1.95. The van der Waals surface area contributed by atoms with Crippen molar-refractivity contribution in [2.24, 2.45) is 0 Å². The fraction of sp³-hybridized carbons (Fsp3) is 0.333. The van der Waals surface area contributed by atoms with Gasteiger partial charge in [-0.1, -0.05) is 20.8 Å². The van der Waals surface area contributed by atoms with Crippen LogP contribution >= 0.6 is 0 Å². The summed E-state index contributed by atoms with van der Waals surface area (Å²) in [7, 11) is 0. The number of anilines is 1. The molecule has 0 aliphatic rings. The third kappa shape index (κ3) is 3.49. The van der Waals surface area contributed by atoms with Crippen LogP contribution in [0, 0.1) is 0 Å². The molecule has 1 N–H and O–H groups in total. The van der Waals surface area contributed by atoms with Crippen LogP contribution in [0.4, 0.5) is 19.0 Å². The Morgan fingerprint density at radius 2 is 2.00 bits per heavy atom. The van der Waals surface area contributed by atoms with Crippen LogP contribution in [-0.4, -0.2) is 25.9 Å². The summed E-state index contributed by atoms with van der Waals surface area (Å²) in [5.74, 6) is 0.943. The van der Waals surface area contributed by atoms with Crippen LogP contribution in [0.1, 0.15) is 43.8 Å². The van der Waals surface area contributed by atoms with E-state index in [9.17, 15) is 18.0 Å². The smallest absolute Gasteiger partial charge is 0.313 e. The third-order valence-corrected chi connectivity index (χ3v) is 4.12. The molecule has 3 rings (SSSR count). The fourth-order valence-electron chi connectivity index (χ4n) is 2.85. The van der Waals surface area contributed by atoms with Gasteiger partial charge >= 0.3 is 6.18 Å². The normalized spacial score (nSPS) is 12.0. The zero-order valence-electron chi connectivity index (χ0n) is 15.0. The molecular formula is C18H18F3N5O. The number of pyridine rings is 2. The van der Waals surface area contributed by atoms with Crippen molar-refractivity contribution in [3.05, 3.63) is 41.5 Å². The summed E-state index contributed by atoms with van der Waals surface area (Å²) in [6, 6.07) is 4.02. The largest absolute Gasteiger partial charge is 0.433 e. The molecule has 0 fully saturated rings. The number of rotatable bonds is 5. The van der Waals surface area contributed by atoms with E-state index in [1.54, 1.807) is 10.6 Å². The Morgan fingerprint density at radius 1 is 1.26 bits per heavy atom. The number of hydrogen-bond donors (Lipinski definition) is 1. The topological polar surface area (TPSA) is 72.7 Å². The Balaban J connectivity index is 2.28. The van der Waals surface area contributed by atoms with E-state index in [2.05, 4.69) is 20.3 Å². The van der Waals surface area contributed by atoms with Gasteiger partial charge in [0.25, 0.3) is 0 Å². The molecule has 27 heavy (non-hydrogen) atoms. The van der Waals surface area contributed by atoms with Gasteiger partial charge in [0.2, 0.25) is 6.41 Å². The number of fused-ring (bicyclic) bond motifs is 1. The molecule has 1 amide bonds. The third-order valence-electron chi connectivity index (χ3n) is 4.12. The van der Waals surface area contributed by atoms with E-state index in [1.165, 1.54) is 12.3 Å². The second-order valence-electron chi connectivity index (χ2n) is 6.31. The van der Waals surface area contributed by atoms with E-state index in [4.69, 9.17) is 0 Å². The maximum absolute atomic E-state index is 13.1. The molecule has 3 aromatic rings. The summed E-state index contributed by atoms with van der Waals surface area (Å²) < 4.78 is 41.0. The Bertz CT molecular complexity index is 995. The van der Waals surface area contributed by atoms with Crippen molar-refractivity contribution in [2.45, 2.75) is 39.3 Å². The highest BCUT2D eigenvalue weighted by Gasteiger charge is 2.33. The van der Waals surface area contributed by atoms with E-state index >= 15 is 0 Å². The quantitative estimate of drug-likeness (QED) is 0.680. The van der Waals surface area contributed by atoms with Gasteiger partial charge in [0.05, 0.1) is 11.9 Å². The van der Waals surface area contributed by atoms with Gasteiger partial charge in [-0.3, -0.25) is 9.36 Å². The van der Waals surface area contributed by atoms with Gasteiger partial charge in [-0.15, -0.1) is 0 Å². The van der Waals surface area contributed by atoms with E-state index in [0.29, 0.717) is 35.7 Å². The molecule has 6 nitrogen and oxygen atoms in total. The first-order valence-electron chi connectivity index (χ1n) is 8.42. The minimum atomic E-state index is -4.55. The van der Waals surface area contributed by atoms with Gasteiger partial charge in [0.15, 0.2) is 5.65 Å². The lowest BCUT2D eigenvalue weighted by molar-refractivity contribution is -0.141. The van der Waals surface area contributed by atoms with Crippen molar-refractivity contribution in [2.75, 3.05) is 5.32 Å². The van der Waals surface area contributed by atoms with Crippen molar-refractivity contribution >= 4 is 23.4 Å². The van der Waals surface area contributed by atoms with Crippen LogP contribution in [0.3, 0.4) is 0 Å². The number of carbonyl (C=O) groups is 1. The van der Waals surface area contributed by atoms with E-state index < -0.39 is 11.9 Å². The Morgan fingerprint density at radius 3 is 2.59 bits per heavy atom. The maximum Gasteiger partial charge on any atom is 0.433 e. The van der Waals surface area contributed by atoms with E-state index in [1.807, 2.05) is 20.8 Å². The van der Waals surface area contributed by atoms with Gasteiger partial charge in [0.1, 0.15) is 22.9 Å². The predicted molar refractivity (Wildman–Crippen MR) is 94.8 cm³/mol. The maximum atomic E-state index is 13.1. The first-order chi connectivity index (χ1) is 12.8. The second-order valence-corrected chi connectivity index (χ2v) is 6.31. The van der Waals surface area contributed by atoms with Crippen molar-refractivity contribution in [3.8, 4) is 5.69 Å². The molecule has 0 bridgehead atoms. The van der Waals surface area contributed by atoms with Crippen LogP contribution in [0.5, 0.6) is 0 Å². The SMILES string of the molecule is CCc1cc(-n2c(C(C)C)nc3ccc(C(F)(F)F)nc32)cnc1NC=O. The molecule has 0 aliphatic carbocycles. The van der Waals surface area contributed by atoms with E-state index in [0.717, 1.165) is 11.6 Å². The molecule has 3 heterocycles. The molecule has 0 saturated heterocycles. The average molecular weight is 377 g/mol. The minimum absolute atomic E-state index is 0.0496. The monoisotopic (exact) mass is 377 g/mol. The molecule has 0 atom stereocenters. The molecule has 3 aromatic heterocycles. The standard InChI is InChI=1S/C18H18F3N5O/c1-4-11-7-12(8-22-15(11)23-9-27)26-16(10(2)3)24-13-5-6-14(18(19,20)21)25-17(13)26/h5-10H,4H2,1-3H3,(H,22,23,27). The molecule has 0 saturated carbocycles. The Kier molecular flexibility index (Phi) is 4.86. The number of aromatic nitrogens is 4. The zero-order valence-corrected chi connectivity index (χ0v) is 15.0. The first kappa shape index (κ1) is 18.8. The molecule has 0 radical (unpaired) electrons. The number of amides is 1. The summed E-state index contributed by atoms with van der Waals surface area (Å²) in [5.41, 5.74) is 0.812. The lowest BCUT2D eigenvalue weighted by Crippen LogP contribution is -2.10. The number of nitrogens with one attached hydrogen (secondary N) is 1. The fourth-order valence-corrected chi connectivity index (χ4v) is 2.85. The Labute approximate surface area is 153 Å². The highest BCUT2D eigenvalue weighted by Crippen LogP contribution is 2.31. The van der Waals surface area contributed by atoms with Gasteiger partial charge in [-0.05, 0) is 30.2 Å². The first-order valence-corrected chi connectivity index (χ1v) is 8.42. The average Bonchev–Trinajstić information content (AvgIpc) is 3.00. The molecule has 142 valence electrons. The number of nitrogens with zero attached hydrogens (tertiary/aromatic N) is 4. The van der Waals surface area contributed by atoms with Crippen molar-refractivity contribution in [1.29, 1.82) is 0 Å². The van der Waals surface area contributed by atoms with Gasteiger partial charge in [-0.2, -0.15) is 13.2 Å². The zero-order chi connectivity index (χ0) is 19.8. The second kappa shape index (κ2) is 6.98. The number of alkyl halides is 3. The van der Waals surface area contributed by atoms with Gasteiger partial charge in [-0.25, -0.2) is 15.0 Å². The molecule has 9 heteroatoms. The van der Waals surface area contributed by atoms with Crippen LogP contribution in [0.25, 0.3) is 16.9 Å². The molecule has 0 unspecified atom stereocenters. The highest BCUT2D eigenvalue weighted by molar-refractivity contribution is 5.75. The van der Waals surface area contributed by atoms with Crippen molar-refractivity contribution in [3.63, 3.8) is 0 Å². The molecule has 0 spiro atoms. The summed E-state index contributed by atoms with van der Waals surface area (Å²) in [5, 5.41) is 2.52. The van der Waals surface area contributed by atoms with Gasteiger partial charge < -0.3 is 5.32 Å². The molecule has 0 aromatic carbocycles. The van der Waals surface area contributed by atoms with Gasteiger partial charge in [0, 0.05) is 5.92 Å². The highest BCUT2D eigenvalue weighted by atomic mass is 19.4. The van der Waals surface area contributed by atoms with Crippen molar-refractivity contribution < 1.29 is 18.0 Å². The van der Waals surface area contributed by atoms with Crippen molar-refractivity contribution in [1.82, 2.24) is 19.5 Å². The van der Waals surface area contributed by atoms with Crippen LogP contribution in [0.2, 0.25) is 0 Å². The number of halogens is 3. The Hall–Kier alpha value is -2.97.